The molecule has 0 aromatic carbocycles. The van der Waals surface area contributed by atoms with Crippen LogP contribution in [0.15, 0.2) is 4.99 Å². The smallest absolute Gasteiger partial charge is 0.249 e. The van der Waals surface area contributed by atoms with Crippen LogP contribution < -0.4 is 5.32 Å². The first-order valence-corrected chi connectivity index (χ1v) is 4.50. The molecule has 1 aliphatic heterocycles. The summed E-state index contributed by atoms with van der Waals surface area (Å²) >= 11 is 0. The number of nitrogens with zero attached hydrogens (tertiary/aromatic N) is 1. The third kappa shape index (κ3) is 2.06. The lowest BCUT2D eigenvalue weighted by molar-refractivity contribution is -0.119. The van der Waals surface area contributed by atoms with Crippen molar-refractivity contribution in [1.82, 2.24) is 5.32 Å². The summed E-state index contributed by atoms with van der Waals surface area (Å²) in [4.78, 5) is 15.3. The van der Waals surface area contributed by atoms with Crippen molar-refractivity contribution in [2.45, 2.75) is 39.3 Å². The molecule has 0 aromatic heterocycles. The lowest BCUT2D eigenvalue weighted by Crippen LogP contribution is -2.43. The van der Waals surface area contributed by atoms with E-state index in [-0.39, 0.29) is 11.9 Å². The first kappa shape index (κ1) is 10.2. The molecule has 1 N–H and O–H groups in total. The fraction of sp³-hybridized carbons (Fsp3) is 0.778. The van der Waals surface area contributed by atoms with Crippen LogP contribution in [0, 0.1) is 0 Å². The van der Waals surface area contributed by atoms with Gasteiger partial charge >= 0.3 is 0 Å². The number of carbonyl (C=O) groups excluding carboxylic acids is 1. The van der Waals surface area contributed by atoms with E-state index in [0.29, 0.717) is 12.4 Å². The minimum Gasteiger partial charge on any atom is -0.368 e. The maximum atomic E-state index is 11.2. The Morgan fingerprint density at radius 3 is 2.62 bits per heavy atom. The van der Waals surface area contributed by atoms with Gasteiger partial charge in [-0.3, -0.25) is 9.79 Å². The van der Waals surface area contributed by atoms with Gasteiger partial charge in [0.2, 0.25) is 5.91 Å². The molecule has 1 rings (SSSR count). The fourth-order valence-electron chi connectivity index (χ4n) is 1.24. The Morgan fingerprint density at radius 2 is 2.23 bits per heavy atom. The highest BCUT2D eigenvalue weighted by atomic mass is 16.5. The van der Waals surface area contributed by atoms with Crippen LogP contribution in [0.5, 0.6) is 0 Å². The Balaban J connectivity index is 2.73. The van der Waals surface area contributed by atoms with Crippen molar-refractivity contribution >= 4 is 11.7 Å². The maximum Gasteiger partial charge on any atom is 0.249 e. The van der Waals surface area contributed by atoms with E-state index in [1.807, 2.05) is 20.8 Å². The summed E-state index contributed by atoms with van der Waals surface area (Å²) in [5, 5.41) is 2.71. The molecule has 4 nitrogen and oxygen atoms in total. The van der Waals surface area contributed by atoms with Crippen LogP contribution >= 0.6 is 0 Å². The molecule has 0 spiro atoms. The summed E-state index contributed by atoms with van der Waals surface area (Å²) in [6.45, 7) is 8.09. The summed E-state index contributed by atoms with van der Waals surface area (Å²) in [7, 11) is 0. The third-order valence-corrected chi connectivity index (χ3v) is 2.02. The highest BCUT2D eigenvalue weighted by Gasteiger charge is 2.33. The van der Waals surface area contributed by atoms with E-state index in [0.717, 1.165) is 0 Å². The Hall–Kier alpha value is -0.900. The van der Waals surface area contributed by atoms with Crippen LogP contribution in [0.4, 0.5) is 0 Å². The number of hydrogen-bond donors (Lipinski definition) is 1. The fourth-order valence-corrected chi connectivity index (χ4v) is 1.24. The lowest BCUT2D eigenvalue weighted by atomic mass is 10.1. The monoisotopic (exact) mass is 184 g/mol. The predicted octanol–water partition coefficient (Wildman–Crippen LogP) is 0.718. The van der Waals surface area contributed by atoms with Gasteiger partial charge in [-0.2, -0.15) is 0 Å². The minimum absolute atomic E-state index is 0.0530. The summed E-state index contributed by atoms with van der Waals surface area (Å²) in [5.41, 5.74) is -0.491. The SMILES string of the molecule is CCOC(C)(C)C1=NC(C)C(=O)N1. The zero-order valence-electron chi connectivity index (χ0n) is 8.55. The molecule has 74 valence electrons. The third-order valence-electron chi connectivity index (χ3n) is 2.02. The van der Waals surface area contributed by atoms with Gasteiger partial charge in [-0.15, -0.1) is 0 Å². The molecule has 0 saturated carbocycles. The molecule has 1 heterocycles. The molecule has 0 fully saturated rings. The Kier molecular flexibility index (Phi) is 2.71. The van der Waals surface area contributed by atoms with Gasteiger partial charge in [-0.05, 0) is 27.7 Å². The zero-order valence-corrected chi connectivity index (χ0v) is 8.55. The quantitative estimate of drug-likeness (QED) is 0.702. The number of aliphatic imine (C=N–C) groups is 1. The van der Waals surface area contributed by atoms with Gasteiger partial charge in [-0.25, -0.2) is 0 Å². The second-order valence-electron chi connectivity index (χ2n) is 3.59. The van der Waals surface area contributed by atoms with Gasteiger partial charge in [0.15, 0.2) is 0 Å². The Labute approximate surface area is 78.4 Å². The van der Waals surface area contributed by atoms with E-state index < -0.39 is 5.60 Å². The second-order valence-corrected chi connectivity index (χ2v) is 3.59. The first-order chi connectivity index (χ1) is 5.97. The van der Waals surface area contributed by atoms with E-state index in [4.69, 9.17) is 4.74 Å². The molecular formula is C9H16N2O2. The molecule has 0 aromatic rings. The van der Waals surface area contributed by atoms with E-state index >= 15 is 0 Å². The molecule has 4 heteroatoms. The highest BCUT2D eigenvalue weighted by Crippen LogP contribution is 2.14. The number of amidine groups is 1. The number of amides is 1. The van der Waals surface area contributed by atoms with Crippen LogP contribution in [0.2, 0.25) is 0 Å². The van der Waals surface area contributed by atoms with Crippen molar-refractivity contribution in [2.24, 2.45) is 4.99 Å². The van der Waals surface area contributed by atoms with Crippen LogP contribution in [0.3, 0.4) is 0 Å². The molecule has 1 amide bonds. The number of ether oxygens (including phenoxy) is 1. The van der Waals surface area contributed by atoms with Crippen molar-refractivity contribution < 1.29 is 9.53 Å². The molecule has 0 bridgehead atoms. The largest absolute Gasteiger partial charge is 0.368 e. The van der Waals surface area contributed by atoms with Crippen molar-refractivity contribution in [3.8, 4) is 0 Å². The Morgan fingerprint density at radius 1 is 1.62 bits per heavy atom. The molecule has 1 atom stereocenters. The van der Waals surface area contributed by atoms with Crippen molar-refractivity contribution in [3.05, 3.63) is 0 Å². The van der Waals surface area contributed by atoms with E-state index in [2.05, 4.69) is 10.3 Å². The normalized spacial score (nSPS) is 22.9. The molecule has 0 saturated heterocycles. The summed E-state index contributed by atoms with van der Waals surface area (Å²) in [5.74, 6) is 0.578. The predicted molar refractivity (Wildman–Crippen MR) is 50.7 cm³/mol. The first-order valence-electron chi connectivity index (χ1n) is 4.50. The maximum absolute atomic E-state index is 11.2. The van der Waals surface area contributed by atoms with Crippen LogP contribution in [0.1, 0.15) is 27.7 Å². The number of hydrogen-bond acceptors (Lipinski definition) is 3. The average molecular weight is 184 g/mol. The molecule has 1 unspecified atom stereocenters. The van der Waals surface area contributed by atoms with E-state index in [9.17, 15) is 4.79 Å². The van der Waals surface area contributed by atoms with Gasteiger partial charge in [-0.1, -0.05) is 0 Å². The van der Waals surface area contributed by atoms with Crippen molar-refractivity contribution in [2.75, 3.05) is 6.61 Å². The van der Waals surface area contributed by atoms with Gasteiger partial charge in [0.25, 0.3) is 0 Å². The van der Waals surface area contributed by atoms with Crippen molar-refractivity contribution in [1.29, 1.82) is 0 Å². The number of nitrogens with one attached hydrogen (secondary N) is 1. The average Bonchev–Trinajstić information content (AvgIpc) is 2.33. The van der Waals surface area contributed by atoms with Crippen LogP contribution in [-0.4, -0.2) is 30.0 Å². The second kappa shape index (κ2) is 3.46. The van der Waals surface area contributed by atoms with Gasteiger partial charge in [0, 0.05) is 6.61 Å². The number of carbonyl (C=O) groups is 1. The lowest BCUT2D eigenvalue weighted by Gasteiger charge is -2.24. The van der Waals surface area contributed by atoms with Crippen LogP contribution in [0.25, 0.3) is 0 Å². The Bertz CT molecular complexity index is 246. The van der Waals surface area contributed by atoms with E-state index in [1.54, 1.807) is 6.92 Å². The molecule has 1 aliphatic rings. The molecule has 13 heavy (non-hydrogen) atoms. The molecule has 0 aliphatic carbocycles. The van der Waals surface area contributed by atoms with Gasteiger partial charge in [0.05, 0.1) is 0 Å². The van der Waals surface area contributed by atoms with Crippen molar-refractivity contribution in [3.63, 3.8) is 0 Å². The minimum atomic E-state index is -0.491. The summed E-state index contributed by atoms with van der Waals surface area (Å²) < 4.78 is 5.46. The molecular weight excluding hydrogens is 168 g/mol. The molecule has 0 radical (unpaired) electrons. The van der Waals surface area contributed by atoms with Crippen LogP contribution in [-0.2, 0) is 9.53 Å². The summed E-state index contributed by atoms with van der Waals surface area (Å²) in [6.07, 6.45) is 0. The van der Waals surface area contributed by atoms with Gasteiger partial charge < -0.3 is 10.1 Å². The highest BCUT2D eigenvalue weighted by molar-refractivity contribution is 6.08. The zero-order chi connectivity index (χ0) is 10.1. The van der Waals surface area contributed by atoms with E-state index in [1.165, 1.54) is 0 Å². The summed E-state index contributed by atoms with van der Waals surface area (Å²) in [6, 6.07) is -0.283. The van der Waals surface area contributed by atoms with Gasteiger partial charge in [0.1, 0.15) is 17.5 Å². The topological polar surface area (TPSA) is 50.7 Å². The standard InChI is InChI=1S/C9H16N2O2/c1-5-13-9(3,4)8-10-6(2)7(12)11-8/h6H,5H2,1-4H3,(H,10,11,12). The number of rotatable bonds is 3.